The van der Waals surface area contributed by atoms with Gasteiger partial charge in [-0.2, -0.15) is 0 Å². The van der Waals surface area contributed by atoms with E-state index in [0.717, 1.165) is 29.0 Å². The van der Waals surface area contributed by atoms with E-state index in [9.17, 15) is 18.0 Å². The molecule has 11 heteroatoms. The second kappa shape index (κ2) is 9.58. The third-order valence-electron chi connectivity index (χ3n) is 5.36. The van der Waals surface area contributed by atoms with Gasteiger partial charge in [0.15, 0.2) is 6.10 Å². The van der Waals surface area contributed by atoms with Gasteiger partial charge in [0.05, 0.1) is 9.90 Å². The van der Waals surface area contributed by atoms with Gasteiger partial charge in [-0.3, -0.25) is 9.52 Å². The first-order chi connectivity index (χ1) is 16.1. The zero-order chi connectivity index (χ0) is 24.6. The number of hydrogen-bond donors (Lipinski definition) is 1. The van der Waals surface area contributed by atoms with Gasteiger partial charge in [-0.1, -0.05) is 41.4 Å². The third-order valence-corrected chi connectivity index (χ3v) is 8.50. The van der Waals surface area contributed by atoms with Crippen LogP contribution in [0.15, 0.2) is 59.5 Å². The molecule has 34 heavy (non-hydrogen) atoms. The highest BCUT2D eigenvalue weighted by Crippen LogP contribution is 2.35. The largest absolute Gasteiger partial charge is 0.449 e. The summed E-state index contributed by atoms with van der Waals surface area (Å²) in [6.07, 6.45) is -0.257. The fourth-order valence-corrected chi connectivity index (χ4v) is 6.98. The number of para-hydroxylation sites is 1. The summed E-state index contributed by atoms with van der Waals surface area (Å²) in [4.78, 5) is 27.1. The molecule has 0 saturated carbocycles. The van der Waals surface area contributed by atoms with Gasteiger partial charge in [0, 0.05) is 17.4 Å². The summed E-state index contributed by atoms with van der Waals surface area (Å²) in [5.41, 5.74) is 2.30. The first-order valence-corrected chi connectivity index (χ1v) is 13.3. The van der Waals surface area contributed by atoms with Gasteiger partial charge in [0.1, 0.15) is 9.23 Å². The molecule has 0 saturated heterocycles. The Morgan fingerprint density at radius 3 is 2.47 bits per heavy atom. The monoisotopic (exact) mass is 538 g/mol. The van der Waals surface area contributed by atoms with Crippen molar-refractivity contribution in [3.8, 4) is 0 Å². The lowest BCUT2D eigenvalue weighted by Crippen LogP contribution is -2.43. The van der Waals surface area contributed by atoms with Crippen molar-refractivity contribution in [1.29, 1.82) is 0 Å². The number of hydrogen-bond acceptors (Lipinski definition) is 6. The van der Waals surface area contributed by atoms with Gasteiger partial charge in [-0.05, 0) is 62.2 Å². The molecule has 1 aromatic heterocycles. The van der Waals surface area contributed by atoms with Gasteiger partial charge < -0.3 is 9.64 Å². The molecule has 3 aromatic rings. The summed E-state index contributed by atoms with van der Waals surface area (Å²) in [6, 6.07) is 14.5. The van der Waals surface area contributed by atoms with Gasteiger partial charge in [-0.25, -0.2) is 13.2 Å². The Morgan fingerprint density at radius 2 is 1.82 bits per heavy atom. The highest BCUT2D eigenvalue weighted by atomic mass is 35.5. The van der Waals surface area contributed by atoms with Crippen LogP contribution in [-0.4, -0.2) is 32.4 Å². The highest BCUT2D eigenvalue weighted by molar-refractivity contribution is 7.93. The number of fused-ring (bicyclic) bond motifs is 1. The van der Waals surface area contributed by atoms with E-state index in [1.54, 1.807) is 4.90 Å². The number of anilines is 2. The lowest BCUT2D eigenvalue weighted by atomic mass is 10.1. The summed E-state index contributed by atoms with van der Waals surface area (Å²) in [6.45, 7) is 3.48. The summed E-state index contributed by atoms with van der Waals surface area (Å²) in [7, 11) is -3.95. The number of halogens is 2. The van der Waals surface area contributed by atoms with Crippen molar-refractivity contribution in [2.45, 2.75) is 37.3 Å². The van der Waals surface area contributed by atoms with Crippen molar-refractivity contribution in [2.24, 2.45) is 0 Å². The number of sulfonamides is 1. The van der Waals surface area contributed by atoms with Crippen LogP contribution >= 0.6 is 34.5 Å². The third kappa shape index (κ3) is 4.93. The SMILES string of the molecule is C[C@H](OC(=O)c1ccc(NS(=O)(=O)c2cc(Cl)sc2Cl)cc1)C(=O)N1c2ccccc2C[C@H]1C. The molecule has 0 aliphatic carbocycles. The van der Waals surface area contributed by atoms with Crippen LogP contribution in [0.5, 0.6) is 0 Å². The van der Waals surface area contributed by atoms with Crippen LogP contribution in [0.25, 0.3) is 0 Å². The molecule has 7 nitrogen and oxygen atoms in total. The van der Waals surface area contributed by atoms with Crippen molar-refractivity contribution in [2.75, 3.05) is 9.62 Å². The van der Waals surface area contributed by atoms with Gasteiger partial charge >= 0.3 is 5.97 Å². The van der Waals surface area contributed by atoms with E-state index in [0.29, 0.717) is 0 Å². The topological polar surface area (TPSA) is 92.8 Å². The number of esters is 1. The second-order valence-corrected chi connectivity index (χ2v) is 11.7. The number of carbonyl (C=O) groups excluding carboxylic acids is 2. The molecule has 2 aromatic carbocycles. The molecule has 0 radical (unpaired) electrons. The van der Waals surface area contributed by atoms with Crippen LogP contribution in [-0.2, 0) is 26.0 Å². The Morgan fingerprint density at radius 1 is 1.15 bits per heavy atom. The maximum atomic E-state index is 13.0. The van der Waals surface area contributed by atoms with Crippen molar-refractivity contribution < 1.29 is 22.7 Å². The number of benzene rings is 2. The van der Waals surface area contributed by atoms with Crippen molar-refractivity contribution in [3.05, 3.63) is 74.4 Å². The molecule has 0 unspecified atom stereocenters. The second-order valence-electron chi connectivity index (χ2n) is 7.81. The molecule has 4 rings (SSSR count). The Labute approximate surface area is 211 Å². The molecule has 1 aliphatic heterocycles. The summed E-state index contributed by atoms with van der Waals surface area (Å²) < 4.78 is 33.2. The fourth-order valence-electron chi connectivity index (χ4n) is 3.77. The molecule has 1 amide bonds. The number of amides is 1. The lowest BCUT2D eigenvalue weighted by molar-refractivity contribution is -0.126. The maximum absolute atomic E-state index is 13.0. The van der Waals surface area contributed by atoms with Crippen molar-refractivity contribution >= 4 is 67.8 Å². The molecule has 1 aliphatic rings. The zero-order valence-corrected chi connectivity index (χ0v) is 21.3. The highest BCUT2D eigenvalue weighted by Gasteiger charge is 2.34. The summed E-state index contributed by atoms with van der Waals surface area (Å²) in [5, 5.41) is 0. The number of carbonyl (C=O) groups is 2. The Hall–Kier alpha value is -2.59. The van der Waals surface area contributed by atoms with E-state index in [1.807, 2.05) is 31.2 Å². The number of nitrogens with one attached hydrogen (secondary N) is 1. The van der Waals surface area contributed by atoms with E-state index >= 15 is 0 Å². The smallest absolute Gasteiger partial charge is 0.338 e. The van der Waals surface area contributed by atoms with E-state index in [2.05, 4.69) is 4.72 Å². The molecule has 0 spiro atoms. The van der Waals surface area contributed by atoms with Gasteiger partial charge in [0.25, 0.3) is 15.9 Å². The number of thiophene rings is 1. The van der Waals surface area contributed by atoms with E-state index in [-0.39, 0.29) is 36.8 Å². The molecule has 2 heterocycles. The van der Waals surface area contributed by atoms with Gasteiger partial charge in [-0.15, -0.1) is 11.3 Å². The van der Waals surface area contributed by atoms with E-state index < -0.39 is 22.1 Å². The van der Waals surface area contributed by atoms with Gasteiger partial charge in [0.2, 0.25) is 0 Å². The van der Waals surface area contributed by atoms with Crippen LogP contribution in [0.1, 0.15) is 29.8 Å². The van der Waals surface area contributed by atoms with Crippen LogP contribution in [0.4, 0.5) is 11.4 Å². The fraction of sp³-hybridized carbons (Fsp3) is 0.217. The summed E-state index contributed by atoms with van der Waals surface area (Å²) in [5.74, 6) is -0.996. The maximum Gasteiger partial charge on any atom is 0.338 e. The quantitative estimate of drug-likeness (QED) is 0.425. The predicted molar refractivity (Wildman–Crippen MR) is 134 cm³/mol. The summed E-state index contributed by atoms with van der Waals surface area (Å²) >= 11 is 12.7. The molecule has 0 bridgehead atoms. The minimum atomic E-state index is -3.95. The minimum absolute atomic E-state index is 0.0371. The average molecular weight is 539 g/mol. The van der Waals surface area contributed by atoms with E-state index in [4.69, 9.17) is 27.9 Å². The average Bonchev–Trinajstić information content (AvgIpc) is 3.31. The molecule has 0 fully saturated rings. The predicted octanol–water partition coefficient (Wildman–Crippen LogP) is 5.38. The normalized spacial score (nSPS) is 16.1. The lowest BCUT2D eigenvalue weighted by Gasteiger charge is -2.26. The van der Waals surface area contributed by atoms with Crippen LogP contribution < -0.4 is 9.62 Å². The Balaban J connectivity index is 1.42. The first kappa shape index (κ1) is 24.5. The van der Waals surface area contributed by atoms with Crippen LogP contribution in [0.3, 0.4) is 0 Å². The van der Waals surface area contributed by atoms with Crippen LogP contribution in [0.2, 0.25) is 8.67 Å². The molecule has 178 valence electrons. The number of ether oxygens (including phenoxy) is 1. The van der Waals surface area contributed by atoms with Crippen molar-refractivity contribution in [1.82, 2.24) is 0 Å². The standard InChI is InChI=1S/C23H20Cl2N2O5S2/c1-13-11-16-5-3-4-6-18(16)27(13)22(28)14(2)32-23(29)15-7-9-17(10-8-15)26-34(30,31)19-12-20(24)33-21(19)25/h3-10,12-14,26H,11H2,1-2H3/t13-,14+/m1/s1. The number of rotatable bonds is 6. The van der Waals surface area contributed by atoms with E-state index in [1.165, 1.54) is 37.3 Å². The Kier molecular flexibility index (Phi) is 6.91. The first-order valence-electron chi connectivity index (χ1n) is 10.3. The molecule has 1 N–H and O–H groups in total. The Bertz CT molecular complexity index is 1360. The minimum Gasteiger partial charge on any atom is -0.449 e. The van der Waals surface area contributed by atoms with Crippen molar-refractivity contribution in [3.63, 3.8) is 0 Å². The molecule has 2 atom stereocenters. The van der Waals surface area contributed by atoms with Crippen LogP contribution in [0, 0.1) is 0 Å². The number of nitrogens with zero attached hydrogens (tertiary/aromatic N) is 1. The zero-order valence-electron chi connectivity index (χ0n) is 18.1. The molecular weight excluding hydrogens is 519 g/mol. The molecular formula is C23H20Cl2N2O5S2.